The Morgan fingerprint density at radius 3 is 2.50 bits per heavy atom. The van der Waals surface area contributed by atoms with Crippen LogP contribution in [0.15, 0.2) is 47.3 Å². The zero-order chi connectivity index (χ0) is 17.6. The number of rotatable bonds is 5. The molecule has 1 saturated heterocycles. The molecule has 26 heavy (non-hydrogen) atoms. The first-order chi connectivity index (χ1) is 12.2. The molecule has 0 spiro atoms. The molecule has 1 aromatic carbocycles. The molecule has 1 fully saturated rings. The summed E-state index contributed by atoms with van der Waals surface area (Å²) in [5.74, 6) is 0.527. The second-order valence-corrected chi connectivity index (χ2v) is 6.49. The van der Waals surface area contributed by atoms with Crippen LogP contribution in [-0.2, 0) is 6.54 Å². The summed E-state index contributed by atoms with van der Waals surface area (Å²) in [6.45, 7) is 2.84. The topological polar surface area (TPSA) is 67.2 Å². The number of nitrogens with one attached hydrogen (secondary N) is 1. The molecular formula is C19H25ClN4O2. The van der Waals surface area contributed by atoms with E-state index in [0.29, 0.717) is 18.2 Å². The van der Waals surface area contributed by atoms with E-state index in [4.69, 9.17) is 0 Å². The van der Waals surface area contributed by atoms with Gasteiger partial charge in [0.25, 0.3) is 11.5 Å². The third-order valence-electron chi connectivity index (χ3n) is 4.66. The molecule has 1 N–H and O–H groups in total. The molecule has 0 saturated carbocycles. The van der Waals surface area contributed by atoms with Gasteiger partial charge in [0.15, 0.2) is 0 Å². The molecule has 6 nitrogen and oxygen atoms in total. The second-order valence-electron chi connectivity index (χ2n) is 6.49. The number of piperidine rings is 1. The minimum atomic E-state index is -0.201. The molecule has 0 atom stereocenters. The normalized spacial score (nSPS) is 14.7. The summed E-state index contributed by atoms with van der Waals surface area (Å²) >= 11 is 0. The van der Waals surface area contributed by atoms with Crippen LogP contribution in [0.3, 0.4) is 0 Å². The molecule has 0 unspecified atom stereocenters. The van der Waals surface area contributed by atoms with E-state index >= 15 is 0 Å². The Morgan fingerprint density at radius 2 is 1.85 bits per heavy atom. The van der Waals surface area contributed by atoms with Gasteiger partial charge in [-0.2, -0.15) is 5.10 Å². The van der Waals surface area contributed by atoms with Crippen LogP contribution in [0.4, 0.5) is 0 Å². The lowest BCUT2D eigenvalue weighted by molar-refractivity contribution is 0.0682. The van der Waals surface area contributed by atoms with Crippen molar-refractivity contribution >= 4 is 18.3 Å². The number of benzene rings is 1. The molecule has 2 heterocycles. The highest BCUT2D eigenvalue weighted by Gasteiger charge is 2.24. The fraction of sp³-hybridized carbons (Fsp3) is 0.421. The van der Waals surface area contributed by atoms with Crippen molar-refractivity contribution in [1.29, 1.82) is 0 Å². The third-order valence-corrected chi connectivity index (χ3v) is 4.66. The molecule has 3 rings (SSSR count). The van der Waals surface area contributed by atoms with Gasteiger partial charge in [-0.1, -0.05) is 30.3 Å². The molecule has 1 aliphatic heterocycles. The van der Waals surface area contributed by atoms with Crippen molar-refractivity contribution in [2.24, 2.45) is 5.92 Å². The fourth-order valence-corrected chi connectivity index (χ4v) is 3.22. The maximum Gasteiger partial charge on any atom is 0.274 e. The van der Waals surface area contributed by atoms with E-state index in [1.54, 1.807) is 0 Å². The predicted molar refractivity (Wildman–Crippen MR) is 104 cm³/mol. The van der Waals surface area contributed by atoms with Crippen LogP contribution in [0, 0.1) is 5.92 Å². The highest BCUT2D eigenvalue weighted by atomic mass is 35.5. The first-order valence-corrected chi connectivity index (χ1v) is 8.73. The zero-order valence-electron chi connectivity index (χ0n) is 14.9. The van der Waals surface area contributed by atoms with E-state index in [1.165, 1.54) is 16.8 Å². The first-order valence-electron chi connectivity index (χ1n) is 8.73. The maximum absolute atomic E-state index is 12.7. The van der Waals surface area contributed by atoms with Crippen LogP contribution in [0.1, 0.15) is 28.9 Å². The lowest BCUT2D eigenvalue weighted by Crippen LogP contribution is -2.41. The second kappa shape index (κ2) is 9.50. The van der Waals surface area contributed by atoms with E-state index in [-0.39, 0.29) is 23.9 Å². The zero-order valence-corrected chi connectivity index (χ0v) is 15.7. The molecule has 0 bridgehead atoms. The van der Waals surface area contributed by atoms with Crippen molar-refractivity contribution in [3.8, 4) is 0 Å². The average molecular weight is 377 g/mol. The third kappa shape index (κ3) is 4.93. The van der Waals surface area contributed by atoms with Gasteiger partial charge in [0, 0.05) is 19.2 Å². The van der Waals surface area contributed by atoms with Gasteiger partial charge >= 0.3 is 0 Å². The van der Waals surface area contributed by atoms with Gasteiger partial charge < -0.3 is 10.2 Å². The largest absolute Gasteiger partial charge is 0.337 e. The number of halogens is 1. The molecule has 7 heteroatoms. The van der Waals surface area contributed by atoms with E-state index in [1.807, 2.05) is 42.3 Å². The number of carbonyl (C=O) groups is 1. The average Bonchev–Trinajstić information content (AvgIpc) is 2.65. The summed E-state index contributed by atoms with van der Waals surface area (Å²) in [5.41, 5.74) is 1.12. The summed E-state index contributed by atoms with van der Waals surface area (Å²) in [4.78, 5) is 26.6. The van der Waals surface area contributed by atoms with E-state index in [0.717, 1.165) is 38.0 Å². The summed E-state index contributed by atoms with van der Waals surface area (Å²) in [7, 11) is 1.96. The van der Waals surface area contributed by atoms with Crippen molar-refractivity contribution in [2.45, 2.75) is 19.4 Å². The highest BCUT2D eigenvalue weighted by Crippen LogP contribution is 2.17. The highest BCUT2D eigenvalue weighted by molar-refractivity contribution is 5.92. The Labute approximate surface area is 159 Å². The number of hydrogen-bond donors (Lipinski definition) is 1. The Morgan fingerprint density at radius 1 is 1.15 bits per heavy atom. The van der Waals surface area contributed by atoms with Gasteiger partial charge in [0.05, 0.1) is 6.54 Å². The SMILES string of the molecule is CNCC1CCN(C(=O)c2ccc(=O)n(Cc3ccccc3)n2)CC1.Cl. The molecule has 1 aliphatic rings. The number of aromatic nitrogens is 2. The Hall–Kier alpha value is -2.18. The molecule has 2 aromatic rings. The molecule has 140 valence electrons. The number of likely N-dealkylation sites (tertiary alicyclic amines) is 1. The number of carbonyl (C=O) groups excluding carboxylic acids is 1. The first kappa shape index (κ1) is 20.1. The summed E-state index contributed by atoms with van der Waals surface area (Å²) in [5, 5.41) is 7.49. The van der Waals surface area contributed by atoms with E-state index in [9.17, 15) is 9.59 Å². The van der Waals surface area contributed by atoms with Crippen LogP contribution in [0.5, 0.6) is 0 Å². The maximum atomic E-state index is 12.7. The van der Waals surface area contributed by atoms with Crippen molar-refractivity contribution in [3.63, 3.8) is 0 Å². The van der Waals surface area contributed by atoms with Crippen molar-refractivity contribution < 1.29 is 4.79 Å². The summed E-state index contributed by atoms with van der Waals surface area (Å²) in [6.07, 6.45) is 1.99. The van der Waals surface area contributed by atoms with Gasteiger partial charge in [-0.25, -0.2) is 4.68 Å². The monoisotopic (exact) mass is 376 g/mol. The van der Waals surface area contributed by atoms with Crippen molar-refractivity contribution in [3.05, 3.63) is 64.1 Å². The number of hydrogen-bond acceptors (Lipinski definition) is 4. The molecule has 0 aliphatic carbocycles. The predicted octanol–water partition coefficient (Wildman–Crippen LogP) is 1.78. The van der Waals surface area contributed by atoms with Crippen LogP contribution in [0.25, 0.3) is 0 Å². The van der Waals surface area contributed by atoms with Gasteiger partial charge in [0.1, 0.15) is 5.69 Å². The van der Waals surface area contributed by atoms with Gasteiger partial charge in [-0.3, -0.25) is 9.59 Å². The molecule has 1 aromatic heterocycles. The van der Waals surface area contributed by atoms with Crippen LogP contribution < -0.4 is 10.9 Å². The Balaban J connectivity index is 0.00000243. The summed E-state index contributed by atoms with van der Waals surface area (Å²) in [6, 6.07) is 12.6. The summed E-state index contributed by atoms with van der Waals surface area (Å²) < 4.78 is 1.36. The number of nitrogens with zero attached hydrogens (tertiary/aromatic N) is 3. The van der Waals surface area contributed by atoms with Gasteiger partial charge in [-0.15, -0.1) is 12.4 Å². The molecular weight excluding hydrogens is 352 g/mol. The van der Waals surface area contributed by atoms with Gasteiger partial charge in [0.2, 0.25) is 0 Å². The standard InChI is InChI=1S/C19H24N4O2.ClH/c1-20-13-15-9-11-22(12-10-15)19(25)17-7-8-18(24)23(21-17)14-16-5-3-2-4-6-16;/h2-8,15,20H,9-14H2,1H3;1H. The van der Waals surface area contributed by atoms with Crippen LogP contribution in [-0.4, -0.2) is 47.3 Å². The smallest absolute Gasteiger partial charge is 0.274 e. The van der Waals surface area contributed by atoms with Crippen molar-refractivity contribution in [2.75, 3.05) is 26.7 Å². The quantitative estimate of drug-likeness (QED) is 0.863. The van der Waals surface area contributed by atoms with Crippen LogP contribution >= 0.6 is 12.4 Å². The minimum absolute atomic E-state index is 0. The minimum Gasteiger partial charge on any atom is -0.337 e. The van der Waals surface area contributed by atoms with E-state index < -0.39 is 0 Å². The Kier molecular flexibility index (Phi) is 7.36. The molecule has 1 amide bonds. The lowest BCUT2D eigenvalue weighted by Gasteiger charge is -2.31. The Bertz CT molecular complexity index is 771. The van der Waals surface area contributed by atoms with Crippen molar-refractivity contribution in [1.82, 2.24) is 20.0 Å². The number of amides is 1. The molecule has 0 radical (unpaired) electrons. The van der Waals surface area contributed by atoms with E-state index in [2.05, 4.69) is 10.4 Å². The van der Waals surface area contributed by atoms with Gasteiger partial charge in [-0.05, 0) is 44.0 Å². The van der Waals surface area contributed by atoms with Crippen LogP contribution in [0.2, 0.25) is 0 Å². The fourth-order valence-electron chi connectivity index (χ4n) is 3.22. The lowest BCUT2D eigenvalue weighted by atomic mass is 9.96.